The first-order chi connectivity index (χ1) is 13.0. The van der Waals surface area contributed by atoms with E-state index >= 15 is 0 Å². The number of likely N-dealkylation sites (tertiary alicyclic amines) is 1. The van der Waals surface area contributed by atoms with Crippen molar-refractivity contribution in [1.29, 1.82) is 0 Å². The quantitative estimate of drug-likeness (QED) is 0.698. The highest BCUT2D eigenvalue weighted by Crippen LogP contribution is 2.29. The third-order valence-corrected chi connectivity index (χ3v) is 6.19. The van der Waals surface area contributed by atoms with Crippen molar-refractivity contribution in [2.24, 2.45) is 5.92 Å². The molecule has 1 amide bonds. The molecule has 140 valence electrons. The zero-order chi connectivity index (χ0) is 19.0. The van der Waals surface area contributed by atoms with Gasteiger partial charge in [-0.3, -0.25) is 9.59 Å². The third kappa shape index (κ3) is 3.51. The normalized spacial score (nSPS) is 17.4. The summed E-state index contributed by atoms with van der Waals surface area (Å²) in [6.07, 6.45) is 2.16. The second kappa shape index (κ2) is 7.23. The van der Waals surface area contributed by atoms with Gasteiger partial charge in [-0.05, 0) is 25.7 Å². The molecule has 2 aromatic heterocycles. The number of amides is 1. The minimum Gasteiger partial charge on any atom is -0.341 e. The molecule has 0 spiro atoms. The highest BCUT2D eigenvalue weighted by molar-refractivity contribution is 7.21. The third-order valence-electron chi connectivity index (χ3n) is 4.98. The van der Waals surface area contributed by atoms with Gasteiger partial charge in [0.25, 0.3) is 5.56 Å². The van der Waals surface area contributed by atoms with Crippen molar-refractivity contribution < 1.29 is 4.79 Å². The van der Waals surface area contributed by atoms with Crippen molar-refractivity contribution in [2.75, 3.05) is 13.1 Å². The standard InChI is InChI=1S/C20H22N4O2S/c1-13-7-6-10-23(11-13)16(25)12-24-20(26)17-18(14(2)22-24)27-19(21-17)15-8-4-3-5-9-15/h3-5,8-9,13H,6-7,10-12H2,1-2H3/t13-/m0/s1. The summed E-state index contributed by atoms with van der Waals surface area (Å²) in [6.45, 7) is 5.50. The molecule has 0 unspecified atom stereocenters. The van der Waals surface area contributed by atoms with E-state index in [1.54, 1.807) is 0 Å². The van der Waals surface area contributed by atoms with Crippen LogP contribution in [-0.2, 0) is 11.3 Å². The number of thiazole rings is 1. The molecule has 0 radical (unpaired) electrons. The molecule has 4 rings (SSSR count). The Bertz CT molecular complexity index is 1040. The van der Waals surface area contributed by atoms with E-state index in [0.29, 0.717) is 11.4 Å². The van der Waals surface area contributed by atoms with Gasteiger partial charge in [-0.25, -0.2) is 9.67 Å². The second-order valence-electron chi connectivity index (χ2n) is 7.20. The van der Waals surface area contributed by atoms with E-state index < -0.39 is 0 Å². The number of rotatable bonds is 3. The van der Waals surface area contributed by atoms with Gasteiger partial charge in [-0.15, -0.1) is 11.3 Å². The molecule has 0 saturated carbocycles. The average Bonchev–Trinajstić information content (AvgIpc) is 3.13. The van der Waals surface area contributed by atoms with Crippen LogP contribution in [0.25, 0.3) is 20.8 Å². The maximum atomic E-state index is 12.9. The summed E-state index contributed by atoms with van der Waals surface area (Å²) in [7, 11) is 0. The molecule has 3 heterocycles. The lowest BCUT2D eigenvalue weighted by atomic mass is 10.0. The smallest absolute Gasteiger partial charge is 0.294 e. The number of hydrogen-bond donors (Lipinski definition) is 0. The molecular weight excluding hydrogens is 360 g/mol. The van der Waals surface area contributed by atoms with Gasteiger partial charge in [0, 0.05) is 18.7 Å². The van der Waals surface area contributed by atoms with Crippen molar-refractivity contribution in [2.45, 2.75) is 33.2 Å². The molecule has 0 N–H and O–H groups in total. The lowest BCUT2D eigenvalue weighted by Crippen LogP contribution is -2.42. The van der Waals surface area contributed by atoms with Gasteiger partial charge in [0.2, 0.25) is 5.91 Å². The maximum absolute atomic E-state index is 12.9. The summed E-state index contributed by atoms with van der Waals surface area (Å²) >= 11 is 1.46. The van der Waals surface area contributed by atoms with E-state index in [0.717, 1.165) is 46.9 Å². The number of nitrogens with zero attached hydrogens (tertiary/aromatic N) is 4. The number of benzene rings is 1. The molecule has 27 heavy (non-hydrogen) atoms. The van der Waals surface area contributed by atoms with Gasteiger partial charge in [0.15, 0.2) is 5.52 Å². The average molecular weight is 382 g/mol. The number of fused-ring (bicyclic) bond motifs is 1. The second-order valence-corrected chi connectivity index (χ2v) is 8.20. The summed E-state index contributed by atoms with van der Waals surface area (Å²) in [4.78, 5) is 31.9. The molecule has 0 bridgehead atoms. The molecular formula is C20H22N4O2S. The van der Waals surface area contributed by atoms with Crippen LogP contribution in [0, 0.1) is 12.8 Å². The fourth-order valence-corrected chi connectivity index (χ4v) is 4.56. The summed E-state index contributed by atoms with van der Waals surface area (Å²) in [5.41, 5.74) is 1.80. The number of aromatic nitrogens is 3. The Hall–Kier alpha value is -2.54. The van der Waals surface area contributed by atoms with Crippen molar-refractivity contribution >= 4 is 27.5 Å². The molecule has 1 atom stereocenters. The molecule has 0 aliphatic carbocycles. The minimum absolute atomic E-state index is 0.0273. The predicted octanol–water partition coefficient (Wildman–Crippen LogP) is 3.09. The summed E-state index contributed by atoms with van der Waals surface area (Å²) in [6, 6.07) is 9.79. The maximum Gasteiger partial charge on any atom is 0.294 e. The largest absolute Gasteiger partial charge is 0.341 e. The first kappa shape index (κ1) is 17.9. The zero-order valence-corrected chi connectivity index (χ0v) is 16.3. The van der Waals surface area contributed by atoms with Crippen LogP contribution in [0.3, 0.4) is 0 Å². The van der Waals surface area contributed by atoms with Crippen LogP contribution in [-0.4, -0.2) is 38.7 Å². The van der Waals surface area contributed by atoms with Crippen molar-refractivity contribution in [3.63, 3.8) is 0 Å². The lowest BCUT2D eigenvalue weighted by molar-refractivity contribution is -0.133. The van der Waals surface area contributed by atoms with Crippen molar-refractivity contribution in [3.8, 4) is 10.6 Å². The Labute approximate surface area is 161 Å². The number of carbonyl (C=O) groups is 1. The van der Waals surface area contributed by atoms with E-state index in [4.69, 9.17) is 0 Å². The molecule has 3 aromatic rings. The summed E-state index contributed by atoms with van der Waals surface area (Å²) < 4.78 is 2.06. The van der Waals surface area contributed by atoms with Crippen LogP contribution in [0.1, 0.15) is 25.5 Å². The number of hydrogen-bond acceptors (Lipinski definition) is 5. The Morgan fingerprint density at radius 2 is 2.07 bits per heavy atom. The van der Waals surface area contributed by atoms with Gasteiger partial charge in [0.1, 0.15) is 11.6 Å². The predicted molar refractivity (Wildman–Crippen MR) is 107 cm³/mol. The van der Waals surface area contributed by atoms with E-state index in [9.17, 15) is 9.59 Å². The van der Waals surface area contributed by atoms with Crippen LogP contribution >= 0.6 is 11.3 Å². The van der Waals surface area contributed by atoms with E-state index in [1.165, 1.54) is 16.0 Å². The van der Waals surface area contributed by atoms with Crippen LogP contribution in [0.5, 0.6) is 0 Å². The molecule has 1 fully saturated rings. The topological polar surface area (TPSA) is 68.1 Å². The number of aryl methyl sites for hydroxylation is 1. The highest BCUT2D eigenvalue weighted by Gasteiger charge is 2.23. The number of piperidine rings is 1. The van der Waals surface area contributed by atoms with E-state index in [2.05, 4.69) is 17.0 Å². The van der Waals surface area contributed by atoms with Crippen molar-refractivity contribution in [3.05, 3.63) is 46.4 Å². The Kier molecular flexibility index (Phi) is 4.78. The first-order valence-corrected chi connectivity index (χ1v) is 10.1. The van der Waals surface area contributed by atoms with E-state index in [-0.39, 0.29) is 18.0 Å². The fraction of sp³-hybridized carbons (Fsp3) is 0.400. The van der Waals surface area contributed by atoms with E-state index in [1.807, 2.05) is 42.2 Å². The Morgan fingerprint density at radius 3 is 2.81 bits per heavy atom. The van der Waals surface area contributed by atoms with Crippen LogP contribution in [0.2, 0.25) is 0 Å². The van der Waals surface area contributed by atoms with Crippen molar-refractivity contribution in [1.82, 2.24) is 19.7 Å². The van der Waals surface area contributed by atoms with Crippen LogP contribution in [0.15, 0.2) is 35.1 Å². The molecule has 1 aliphatic heterocycles. The molecule has 1 aromatic carbocycles. The van der Waals surface area contributed by atoms with Gasteiger partial charge < -0.3 is 4.90 Å². The van der Waals surface area contributed by atoms with Crippen LogP contribution in [0.4, 0.5) is 0 Å². The summed E-state index contributed by atoms with van der Waals surface area (Å²) in [5, 5.41) is 5.18. The molecule has 1 saturated heterocycles. The zero-order valence-electron chi connectivity index (χ0n) is 15.5. The monoisotopic (exact) mass is 382 g/mol. The number of carbonyl (C=O) groups excluding carboxylic acids is 1. The van der Waals surface area contributed by atoms with Crippen LogP contribution < -0.4 is 5.56 Å². The SMILES string of the molecule is Cc1nn(CC(=O)N2CCC[C@H](C)C2)c(=O)c2nc(-c3ccccc3)sc12. The molecule has 1 aliphatic rings. The van der Waals surface area contributed by atoms with Gasteiger partial charge in [-0.2, -0.15) is 5.10 Å². The minimum atomic E-state index is -0.299. The fourth-order valence-electron chi connectivity index (χ4n) is 3.56. The summed E-state index contributed by atoms with van der Waals surface area (Å²) in [5.74, 6) is 0.456. The molecule has 7 heteroatoms. The molecule has 6 nitrogen and oxygen atoms in total. The van der Waals surface area contributed by atoms with Gasteiger partial charge in [-0.1, -0.05) is 37.3 Å². The lowest BCUT2D eigenvalue weighted by Gasteiger charge is -2.30. The Balaban J connectivity index is 1.67. The van der Waals surface area contributed by atoms with Gasteiger partial charge in [0.05, 0.1) is 10.4 Å². The highest BCUT2D eigenvalue weighted by atomic mass is 32.1. The Morgan fingerprint density at radius 1 is 1.30 bits per heavy atom. The first-order valence-electron chi connectivity index (χ1n) is 9.24. The van der Waals surface area contributed by atoms with Gasteiger partial charge >= 0.3 is 0 Å².